The van der Waals surface area contributed by atoms with Crippen LogP contribution in [0.4, 0.5) is 0 Å². The summed E-state index contributed by atoms with van der Waals surface area (Å²) < 4.78 is 0. The monoisotopic (exact) mass is 286 g/mol. The minimum absolute atomic E-state index is 0.143. The molecule has 2 unspecified atom stereocenters. The van der Waals surface area contributed by atoms with E-state index >= 15 is 0 Å². The van der Waals surface area contributed by atoms with E-state index in [1.54, 1.807) is 11.3 Å². The van der Waals surface area contributed by atoms with Crippen LogP contribution in [0.1, 0.15) is 51.7 Å². The summed E-state index contributed by atoms with van der Waals surface area (Å²) in [4.78, 5) is 4.70. The lowest BCUT2D eigenvalue weighted by atomic mass is 9.93. The molecule has 2 nitrogen and oxygen atoms in total. The van der Waals surface area contributed by atoms with Crippen molar-refractivity contribution in [2.45, 2.75) is 64.2 Å². The topological polar surface area (TPSA) is 38.9 Å². The van der Waals surface area contributed by atoms with Gasteiger partial charge in [0.1, 0.15) is 0 Å². The van der Waals surface area contributed by atoms with Crippen LogP contribution >= 0.6 is 23.1 Å². The Balaban J connectivity index is 2.45. The zero-order valence-corrected chi connectivity index (χ0v) is 13.8. The first-order valence-corrected chi connectivity index (χ1v) is 8.57. The maximum atomic E-state index is 6.17. The Kier molecular flexibility index (Phi) is 6.15. The van der Waals surface area contributed by atoms with Crippen molar-refractivity contribution in [3.8, 4) is 0 Å². The summed E-state index contributed by atoms with van der Waals surface area (Å²) in [5, 5.41) is 4.05. The Hall–Kier alpha value is -0.0600. The number of rotatable bonds is 6. The number of hydrogen-bond acceptors (Lipinski definition) is 4. The van der Waals surface area contributed by atoms with E-state index in [0.29, 0.717) is 5.25 Å². The molecule has 2 atom stereocenters. The van der Waals surface area contributed by atoms with Gasteiger partial charge in [0.05, 0.1) is 10.7 Å². The number of aromatic nitrogens is 1. The second kappa shape index (κ2) is 6.92. The van der Waals surface area contributed by atoms with Crippen molar-refractivity contribution in [3.05, 3.63) is 16.1 Å². The second-order valence-electron chi connectivity index (χ2n) is 5.89. The lowest BCUT2D eigenvalue weighted by Crippen LogP contribution is -2.26. The molecule has 0 aliphatic heterocycles. The molecule has 0 fully saturated rings. The van der Waals surface area contributed by atoms with Gasteiger partial charge in [0.2, 0.25) is 0 Å². The highest BCUT2D eigenvalue weighted by atomic mass is 32.2. The highest BCUT2D eigenvalue weighted by Crippen LogP contribution is 2.24. The Morgan fingerprint density at radius 1 is 1.44 bits per heavy atom. The Morgan fingerprint density at radius 2 is 2.11 bits per heavy atom. The summed E-state index contributed by atoms with van der Waals surface area (Å²) in [6, 6.07) is 0.225. The van der Waals surface area contributed by atoms with Crippen LogP contribution in [0.15, 0.2) is 5.38 Å². The average Bonchev–Trinajstić information content (AvgIpc) is 2.74. The third-order valence-electron chi connectivity index (χ3n) is 2.93. The molecule has 1 heterocycles. The Bertz CT molecular complexity index is 355. The van der Waals surface area contributed by atoms with E-state index in [9.17, 15) is 0 Å². The third-order valence-corrected chi connectivity index (χ3v) is 5.32. The minimum atomic E-state index is 0.143. The van der Waals surface area contributed by atoms with E-state index in [-0.39, 0.29) is 11.5 Å². The van der Waals surface area contributed by atoms with Gasteiger partial charge in [-0.05, 0) is 6.42 Å². The van der Waals surface area contributed by atoms with Crippen LogP contribution < -0.4 is 5.73 Å². The van der Waals surface area contributed by atoms with Crippen LogP contribution in [0.5, 0.6) is 0 Å². The summed E-state index contributed by atoms with van der Waals surface area (Å²) in [5.41, 5.74) is 7.50. The molecule has 0 aromatic carbocycles. The van der Waals surface area contributed by atoms with Crippen LogP contribution in [0.3, 0.4) is 0 Å². The van der Waals surface area contributed by atoms with Gasteiger partial charge in [0.25, 0.3) is 0 Å². The van der Waals surface area contributed by atoms with E-state index in [1.165, 1.54) is 17.1 Å². The van der Waals surface area contributed by atoms with Gasteiger partial charge in [-0.1, -0.05) is 34.6 Å². The fourth-order valence-electron chi connectivity index (χ4n) is 1.44. The summed E-state index contributed by atoms with van der Waals surface area (Å²) in [6.07, 6.45) is 2.12. The van der Waals surface area contributed by atoms with E-state index < -0.39 is 0 Å². The van der Waals surface area contributed by atoms with Crippen molar-refractivity contribution in [2.75, 3.05) is 5.75 Å². The standard InChI is InChI=1S/C14H26N2S2/c1-6-10(2)17-8-11(15)7-13-16-12(9-18-13)14(3,4)5/h9-11H,6-8,15H2,1-5H3. The molecule has 0 amide bonds. The lowest BCUT2D eigenvalue weighted by Gasteiger charge is -2.15. The van der Waals surface area contributed by atoms with Crippen LogP contribution in [0.25, 0.3) is 0 Å². The molecule has 0 radical (unpaired) electrons. The number of hydrogen-bond donors (Lipinski definition) is 1. The summed E-state index contributed by atoms with van der Waals surface area (Å²) in [5.74, 6) is 1.03. The molecular weight excluding hydrogens is 260 g/mol. The zero-order chi connectivity index (χ0) is 13.8. The van der Waals surface area contributed by atoms with E-state index in [0.717, 1.165) is 12.2 Å². The molecule has 18 heavy (non-hydrogen) atoms. The fraction of sp³-hybridized carbons (Fsp3) is 0.786. The minimum Gasteiger partial charge on any atom is -0.327 e. The van der Waals surface area contributed by atoms with Gasteiger partial charge < -0.3 is 5.73 Å². The van der Waals surface area contributed by atoms with E-state index in [1.807, 2.05) is 11.8 Å². The first-order chi connectivity index (χ1) is 8.32. The van der Waals surface area contributed by atoms with Crippen molar-refractivity contribution < 1.29 is 0 Å². The molecule has 1 aromatic heterocycles. The van der Waals surface area contributed by atoms with Crippen molar-refractivity contribution >= 4 is 23.1 Å². The van der Waals surface area contributed by atoms with Crippen LogP contribution in [0.2, 0.25) is 0 Å². The molecule has 0 bridgehead atoms. The Labute approximate surface area is 120 Å². The van der Waals surface area contributed by atoms with Gasteiger partial charge >= 0.3 is 0 Å². The highest BCUT2D eigenvalue weighted by Gasteiger charge is 2.18. The van der Waals surface area contributed by atoms with Crippen LogP contribution in [-0.4, -0.2) is 22.0 Å². The fourth-order valence-corrected chi connectivity index (χ4v) is 3.48. The second-order valence-corrected chi connectivity index (χ2v) is 8.31. The number of nitrogens with two attached hydrogens (primary N) is 1. The summed E-state index contributed by atoms with van der Waals surface area (Å²) in [6.45, 7) is 11.1. The third kappa shape index (κ3) is 5.29. The maximum Gasteiger partial charge on any atom is 0.0944 e. The normalized spacial score (nSPS) is 15.7. The van der Waals surface area contributed by atoms with Crippen molar-refractivity contribution in [3.63, 3.8) is 0 Å². The summed E-state index contributed by atoms with van der Waals surface area (Å²) >= 11 is 3.71. The SMILES string of the molecule is CCC(C)SCC(N)Cc1nc(C(C)(C)C)cs1. The van der Waals surface area contributed by atoms with Gasteiger partial charge in [0.15, 0.2) is 0 Å². The average molecular weight is 287 g/mol. The molecule has 2 N–H and O–H groups in total. The number of thioether (sulfide) groups is 1. The maximum absolute atomic E-state index is 6.17. The predicted octanol–water partition coefficient (Wildman–Crippen LogP) is 3.84. The molecule has 1 rings (SSSR count). The Morgan fingerprint density at radius 3 is 2.61 bits per heavy atom. The molecule has 0 spiro atoms. The van der Waals surface area contributed by atoms with Gasteiger partial charge in [-0.2, -0.15) is 11.8 Å². The van der Waals surface area contributed by atoms with E-state index in [2.05, 4.69) is 40.0 Å². The first-order valence-electron chi connectivity index (χ1n) is 6.65. The van der Waals surface area contributed by atoms with Crippen molar-refractivity contribution in [1.29, 1.82) is 0 Å². The lowest BCUT2D eigenvalue weighted by molar-refractivity contribution is 0.569. The van der Waals surface area contributed by atoms with Gasteiger partial charge in [-0.25, -0.2) is 4.98 Å². The molecule has 0 saturated carbocycles. The highest BCUT2D eigenvalue weighted by molar-refractivity contribution is 7.99. The smallest absolute Gasteiger partial charge is 0.0944 e. The van der Waals surface area contributed by atoms with Crippen molar-refractivity contribution in [1.82, 2.24) is 4.98 Å². The van der Waals surface area contributed by atoms with Gasteiger partial charge in [-0.15, -0.1) is 11.3 Å². The van der Waals surface area contributed by atoms with Crippen molar-refractivity contribution in [2.24, 2.45) is 5.73 Å². The molecule has 1 aromatic rings. The number of thiazole rings is 1. The van der Waals surface area contributed by atoms with E-state index in [4.69, 9.17) is 10.7 Å². The molecule has 104 valence electrons. The molecular formula is C14H26N2S2. The predicted molar refractivity (Wildman–Crippen MR) is 84.7 cm³/mol. The largest absolute Gasteiger partial charge is 0.327 e. The summed E-state index contributed by atoms with van der Waals surface area (Å²) in [7, 11) is 0. The molecule has 0 aliphatic rings. The van der Waals surface area contributed by atoms with Crippen LogP contribution in [0, 0.1) is 0 Å². The molecule has 0 saturated heterocycles. The zero-order valence-electron chi connectivity index (χ0n) is 12.2. The van der Waals surface area contributed by atoms with Crippen LogP contribution in [-0.2, 0) is 11.8 Å². The molecule has 4 heteroatoms. The van der Waals surface area contributed by atoms with Gasteiger partial charge in [0, 0.05) is 34.3 Å². The number of nitrogens with zero attached hydrogens (tertiary/aromatic N) is 1. The quantitative estimate of drug-likeness (QED) is 0.863. The first kappa shape index (κ1) is 16.0. The van der Waals surface area contributed by atoms with Gasteiger partial charge in [-0.3, -0.25) is 0 Å². The molecule has 0 aliphatic carbocycles.